The van der Waals surface area contributed by atoms with Crippen molar-refractivity contribution in [3.63, 3.8) is 0 Å². The second-order valence-corrected chi connectivity index (χ2v) is 3.23. The molecule has 0 aromatic heterocycles. The van der Waals surface area contributed by atoms with Crippen molar-refractivity contribution in [3.05, 3.63) is 60.2 Å². The standard InChI is InChI=1S/C13H12.HOP/c1-11-7-9-13(10-8-11)12-5-3-2-4-6-12;1-2/h2-10H,1H3;2H. The monoisotopic (exact) mass is 216 g/mol. The molecule has 2 aromatic carbocycles. The van der Waals surface area contributed by atoms with E-state index in [0.29, 0.717) is 0 Å². The van der Waals surface area contributed by atoms with Crippen molar-refractivity contribution in [1.82, 2.24) is 0 Å². The van der Waals surface area contributed by atoms with E-state index in [4.69, 9.17) is 4.57 Å². The Labute approximate surface area is 92.4 Å². The lowest BCUT2D eigenvalue weighted by molar-refractivity contribution is 0.607. The zero-order valence-corrected chi connectivity index (χ0v) is 9.60. The largest absolute Gasteiger partial charge is 0.279 e. The van der Waals surface area contributed by atoms with E-state index in [9.17, 15) is 0 Å². The SMILES string of the molecule is Cc1ccc(-c2ccccc2)cc1.O=P. The molecule has 1 nitrogen and oxygen atoms in total. The predicted octanol–water partition coefficient (Wildman–Crippen LogP) is 4.14. The summed E-state index contributed by atoms with van der Waals surface area (Å²) in [6.45, 7) is 2.11. The van der Waals surface area contributed by atoms with Crippen LogP contribution in [0.1, 0.15) is 5.56 Å². The highest BCUT2D eigenvalue weighted by molar-refractivity contribution is 7.00. The Bertz CT molecular complexity index is 395. The van der Waals surface area contributed by atoms with Gasteiger partial charge in [0.25, 0.3) is 0 Å². The van der Waals surface area contributed by atoms with Crippen molar-refractivity contribution in [1.29, 1.82) is 0 Å². The third kappa shape index (κ3) is 3.30. The van der Waals surface area contributed by atoms with Gasteiger partial charge in [0.2, 0.25) is 0 Å². The summed E-state index contributed by atoms with van der Waals surface area (Å²) >= 11 is 0. The average Bonchev–Trinajstić information content (AvgIpc) is 2.34. The fraction of sp³-hybridized carbons (Fsp3) is 0.0769. The summed E-state index contributed by atoms with van der Waals surface area (Å²) in [5, 5.41) is 0. The smallest absolute Gasteiger partial charge is 0.138 e. The fourth-order valence-corrected chi connectivity index (χ4v) is 1.38. The maximum absolute atomic E-state index is 8.06. The van der Waals surface area contributed by atoms with Gasteiger partial charge in [0, 0.05) is 0 Å². The van der Waals surface area contributed by atoms with Gasteiger partial charge in [-0.05, 0) is 18.1 Å². The Kier molecular flexibility index (Phi) is 4.73. The minimum absolute atomic E-state index is 1.28. The van der Waals surface area contributed by atoms with Crippen LogP contribution in [0.25, 0.3) is 11.1 Å². The zero-order valence-electron chi connectivity index (χ0n) is 8.60. The summed E-state index contributed by atoms with van der Waals surface area (Å²) in [5.41, 5.74) is 3.87. The lowest BCUT2D eigenvalue weighted by Gasteiger charge is -2.00. The highest BCUT2D eigenvalue weighted by Gasteiger charge is 1.93. The molecule has 0 amide bonds. The number of hydrogen-bond donors (Lipinski definition) is 0. The lowest BCUT2D eigenvalue weighted by Crippen LogP contribution is -1.76. The summed E-state index contributed by atoms with van der Waals surface area (Å²) in [6.07, 6.45) is 0. The molecule has 0 unspecified atom stereocenters. The van der Waals surface area contributed by atoms with E-state index in [2.05, 4.69) is 55.5 Å². The molecule has 0 aliphatic carbocycles. The first-order valence-corrected chi connectivity index (χ1v) is 5.09. The molecule has 0 bridgehead atoms. The van der Waals surface area contributed by atoms with E-state index in [1.54, 1.807) is 9.12 Å². The normalized spacial score (nSPS) is 8.87. The highest BCUT2D eigenvalue weighted by atomic mass is 31.0. The third-order valence-electron chi connectivity index (χ3n) is 2.16. The van der Waals surface area contributed by atoms with Crippen molar-refractivity contribution >= 4 is 9.12 Å². The quantitative estimate of drug-likeness (QED) is 0.655. The Morgan fingerprint density at radius 1 is 0.733 bits per heavy atom. The maximum Gasteiger partial charge on any atom is 0.138 e. The van der Waals surface area contributed by atoms with Gasteiger partial charge in [-0.1, -0.05) is 60.2 Å². The molecule has 76 valence electrons. The van der Waals surface area contributed by atoms with Gasteiger partial charge in [0.15, 0.2) is 0 Å². The van der Waals surface area contributed by atoms with Gasteiger partial charge >= 0.3 is 0 Å². The first kappa shape index (κ1) is 11.6. The molecule has 2 rings (SSSR count). The van der Waals surface area contributed by atoms with E-state index >= 15 is 0 Å². The number of aryl methyl sites for hydroxylation is 1. The summed E-state index contributed by atoms with van der Waals surface area (Å²) in [4.78, 5) is 0. The van der Waals surface area contributed by atoms with E-state index in [1.165, 1.54) is 16.7 Å². The number of hydrogen-bond acceptors (Lipinski definition) is 1. The van der Waals surface area contributed by atoms with Gasteiger partial charge in [0.1, 0.15) is 9.12 Å². The van der Waals surface area contributed by atoms with E-state index in [-0.39, 0.29) is 0 Å². The van der Waals surface area contributed by atoms with Crippen LogP contribution in [0.2, 0.25) is 0 Å². The fourth-order valence-electron chi connectivity index (χ4n) is 1.38. The average molecular weight is 216 g/mol. The van der Waals surface area contributed by atoms with Gasteiger partial charge in [-0.2, -0.15) is 0 Å². The molecular formula is C13H13OP. The Morgan fingerprint density at radius 3 is 1.73 bits per heavy atom. The molecule has 0 heterocycles. The molecular weight excluding hydrogens is 203 g/mol. The minimum Gasteiger partial charge on any atom is -0.279 e. The van der Waals surface area contributed by atoms with Crippen LogP contribution in [0.5, 0.6) is 0 Å². The van der Waals surface area contributed by atoms with Gasteiger partial charge in [-0.3, -0.25) is 4.57 Å². The number of benzene rings is 2. The van der Waals surface area contributed by atoms with E-state index in [0.717, 1.165) is 0 Å². The predicted molar refractivity (Wildman–Crippen MR) is 65.6 cm³/mol. The van der Waals surface area contributed by atoms with Crippen LogP contribution < -0.4 is 0 Å². The topological polar surface area (TPSA) is 17.1 Å². The van der Waals surface area contributed by atoms with Crippen molar-refractivity contribution in [2.45, 2.75) is 6.92 Å². The van der Waals surface area contributed by atoms with Crippen LogP contribution in [0.3, 0.4) is 0 Å². The molecule has 0 fully saturated rings. The van der Waals surface area contributed by atoms with E-state index in [1.807, 2.05) is 6.07 Å². The maximum atomic E-state index is 8.06. The second-order valence-electron chi connectivity index (χ2n) is 3.23. The van der Waals surface area contributed by atoms with E-state index < -0.39 is 0 Å². The first-order valence-electron chi connectivity index (χ1n) is 4.69. The number of rotatable bonds is 1. The highest BCUT2D eigenvalue weighted by Crippen LogP contribution is 2.18. The summed E-state index contributed by atoms with van der Waals surface area (Å²) < 4.78 is 8.06. The molecule has 0 atom stereocenters. The van der Waals surface area contributed by atoms with Crippen LogP contribution in [-0.2, 0) is 4.57 Å². The van der Waals surface area contributed by atoms with Crippen molar-refractivity contribution in [2.24, 2.45) is 0 Å². The van der Waals surface area contributed by atoms with Crippen LogP contribution in [0.4, 0.5) is 0 Å². The molecule has 0 saturated heterocycles. The summed E-state index contributed by atoms with van der Waals surface area (Å²) in [5.74, 6) is 0. The molecule has 0 N–H and O–H groups in total. The Morgan fingerprint density at radius 2 is 1.20 bits per heavy atom. The van der Waals surface area contributed by atoms with Crippen LogP contribution in [-0.4, -0.2) is 0 Å². The lowest BCUT2D eigenvalue weighted by atomic mass is 10.0. The molecule has 0 spiro atoms. The van der Waals surface area contributed by atoms with Gasteiger partial charge in [0.05, 0.1) is 0 Å². The third-order valence-corrected chi connectivity index (χ3v) is 2.16. The Hall–Kier alpha value is -1.46. The first-order chi connectivity index (χ1) is 7.36. The van der Waals surface area contributed by atoms with Gasteiger partial charge in [-0.15, -0.1) is 0 Å². The van der Waals surface area contributed by atoms with Crippen LogP contribution in [0.15, 0.2) is 54.6 Å². The van der Waals surface area contributed by atoms with Crippen molar-refractivity contribution < 1.29 is 4.57 Å². The van der Waals surface area contributed by atoms with Crippen LogP contribution >= 0.6 is 9.12 Å². The summed E-state index contributed by atoms with van der Waals surface area (Å²) in [7, 11) is 1.72. The zero-order chi connectivity index (χ0) is 11.1. The second kappa shape index (κ2) is 6.10. The molecule has 0 aliphatic heterocycles. The van der Waals surface area contributed by atoms with Crippen molar-refractivity contribution in [3.8, 4) is 11.1 Å². The molecule has 0 radical (unpaired) electrons. The summed E-state index contributed by atoms with van der Waals surface area (Å²) in [6, 6.07) is 19.0. The molecule has 0 aliphatic rings. The molecule has 0 saturated carbocycles. The Balaban J connectivity index is 0.000000531. The molecule has 15 heavy (non-hydrogen) atoms. The van der Waals surface area contributed by atoms with Crippen molar-refractivity contribution in [2.75, 3.05) is 0 Å². The molecule has 2 aromatic rings. The van der Waals surface area contributed by atoms with Gasteiger partial charge < -0.3 is 0 Å². The van der Waals surface area contributed by atoms with Gasteiger partial charge in [-0.25, -0.2) is 0 Å². The minimum atomic E-state index is 1.28. The molecule has 2 heteroatoms. The van der Waals surface area contributed by atoms with Crippen LogP contribution in [0, 0.1) is 6.92 Å².